The summed E-state index contributed by atoms with van der Waals surface area (Å²) in [6.45, 7) is -0.0121. The van der Waals surface area contributed by atoms with E-state index in [9.17, 15) is 4.79 Å². The molecule has 0 atom stereocenters. The van der Waals surface area contributed by atoms with Crippen LogP contribution in [0.4, 0.5) is 0 Å². The van der Waals surface area contributed by atoms with Crippen LogP contribution in [0.2, 0.25) is 0 Å². The quantitative estimate of drug-likeness (QED) is 0.752. The predicted octanol–water partition coefficient (Wildman–Crippen LogP) is 3.36. The van der Waals surface area contributed by atoms with Gasteiger partial charge < -0.3 is 4.74 Å². The first-order valence-corrected chi connectivity index (χ1v) is 5.94. The Morgan fingerprint density at radius 1 is 1.11 bits per heavy atom. The summed E-state index contributed by atoms with van der Waals surface area (Å²) in [5.41, 5.74) is 4.82. The number of carbonyl (C=O) groups is 1. The first-order chi connectivity index (χ1) is 9.31. The third-order valence-corrected chi connectivity index (χ3v) is 3.37. The first-order valence-electron chi connectivity index (χ1n) is 6.65. The molecule has 0 bridgehead atoms. The van der Waals surface area contributed by atoms with Gasteiger partial charge in [-0.3, -0.25) is 4.79 Å². The highest BCUT2D eigenvalue weighted by Crippen LogP contribution is 2.44. The maximum Gasteiger partial charge on any atom is 0.302 e. The highest BCUT2D eigenvalue weighted by Gasteiger charge is 2.28. The minimum absolute atomic E-state index is 0.0860. The fourth-order valence-electron chi connectivity index (χ4n) is 2.62. The lowest BCUT2D eigenvalue weighted by Crippen LogP contribution is -2.09. The number of ether oxygens (including phenoxy) is 1. The lowest BCUT2D eigenvalue weighted by Gasteiger charge is -2.12. The van der Waals surface area contributed by atoms with Crippen LogP contribution in [0.1, 0.15) is 25.3 Å². The number of carbonyl (C=O) groups excluding carboxylic acids is 1. The summed E-state index contributed by atoms with van der Waals surface area (Å²) < 4.78 is 12.2. The number of fused-ring (bicyclic) bond motifs is 3. The van der Waals surface area contributed by atoms with Gasteiger partial charge in [-0.15, -0.1) is 0 Å². The number of hydrogen-bond acceptors (Lipinski definition) is 2. The van der Waals surface area contributed by atoms with Crippen LogP contribution in [0, 0.1) is 0 Å². The molecule has 1 aliphatic rings. The van der Waals surface area contributed by atoms with Gasteiger partial charge in [0, 0.05) is 14.2 Å². The lowest BCUT2D eigenvalue weighted by atomic mass is 9.98. The Labute approximate surface area is 108 Å². The van der Waals surface area contributed by atoms with E-state index >= 15 is 0 Å². The molecule has 2 heteroatoms. The monoisotopic (exact) mass is 240 g/mol. The van der Waals surface area contributed by atoms with E-state index in [-0.39, 0.29) is 12.8 Å². The molecule has 2 aromatic rings. The van der Waals surface area contributed by atoms with Crippen molar-refractivity contribution in [1.82, 2.24) is 0 Å². The van der Waals surface area contributed by atoms with Gasteiger partial charge in [-0.1, -0.05) is 48.5 Å². The van der Waals surface area contributed by atoms with Crippen LogP contribution in [-0.2, 0) is 9.53 Å². The maximum atomic E-state index is 11.2. The number of hydrogen-bond donors (Lipinski definition) is 0. The fraction of sp³-hybridized carbons (Fsp3) is 0.188. The van der Waals surface area contributed by atoms with E-state index in [4.69, 9.17) is 6.11 Å². The summed E-state index contributed by atoms with van der Waals surface area (Å²) in [4.78, 5) is 11.2. The molecule has 0 heterocycles. The van der Waals surface area contributed by atoms with E-state index in [2.05, 4.69) is 24.3 Å². The fourth-order valence-corrected chi connectivity index (χ4v) is 2.62. The molecule has 0 fully saturated rings. The van der Waals surface area contributed by atoms with Gasteiger partial charge in [-0.2, -0.15) is 0 Å². The Kier molecular flexibility index (Phi) is 2.36. The highest BCUT2D eigenvalue weighted by molar-refractivity contribution is 5.79. The molecule has 1 aliphatic carbocycles. The van der Waals surface area contributed by atoms with Crippen LogP contribution in [0.3, 0.4) is 0 Å². The van der Waals surface area contributed by atoms with Crippen LogP contribution < -0.4 is 0 Å². The molecular weight excluding hydrogens is 224 g/mol. The Bertz CT molecular complexity index is 576. The Balaban J connectivity index is 1.98. The van der Waals surface area contributed by atoms with Crippen LogP contribution >= 0.6 is 0 Å². The van der Waals surface area contributed by atoms with Crippen LogP contribution in [0.25, 0.3) is 11.1 Å². The largest absolute Gasteiger partial charge is 0.465 e. The number of benzene rings is 2. The van der Waals surface area contributed by atoms with Gasteiger partial charge in [0.25, 0.3) is 0 Å². The number of esters is 1. The third kappa shape index (κ3) is 1.70. The SMILES string of the molecule is [3H]CC(=O)OCC1c2ccccc2-c2ccccc21. The molecule has 0 N–H and O–H groups in total. The van der Waals surface area contributed by atoms with Crippen molar-refractivity contribution in [2.75, 3.05) is 6.61 Å². The molecule has 2 aromatic carbocycles. The first kappa shape index (κ1) is 9.89. The average Bonchev–Trinajstić information content (AvgIpc) is 2.79. The summed E-state index contributed by atoms with van der Waals surface area (Å²) in [6, 6.07) is 16.4. The van der Waals surface area contributed by atoms with Gasteiger partial charge in [0.05, 0.1) is 0 Å². The normalized spacial score (nSPS) is 13.7. The molecule has 0 amide bonds. The van der Waals surface area contributed by atoms with Crippen molar-refractivity contribution in [3.8, 4) is 11.1 Å². The van der Waals surface area contributed by atoms with Gasteiger partial charge in [0.2, 0.25) is 0 Å². The van der Waals surface area contributed by atoms with E-state index in [1.54, 1.807) is 0 Å². The number of rotatable bonds is 2. The van der Waals surface area contributed by atoms with Gasteiger partial charge in [0.1, 0.15) is 6.61 Å². The molecule has 0 saturated carbocycles. The zero-order chi connectivity index (χ0) is 13.2. The Hall–Kier alpha value is -2.09. The zero-order valence-electron chi connectivity index (χ0n) is 10.9. The predicted molar refractivity (Wildman–Crippen MR) is 70.4 cm³/mol. The summed E-state index contributed by atoms with van der Waals surface area (Å²) in [6.07, 6.45) is 0. The third-order valence-electron chi connectivity index (χ3n) is 3.37. The summed E-state index contributed by atoms with van der Waals surface area (Å²) in [5.74, 6) is -0.384. The molecular formula is C16H14O2. The van der Waals surface area contributed by atoms with Crippen LogP contribution in [-0.4, -0.2) is 12.6 Å². The van der Waals surface area contributed by atoms with E-state index in [0.29, 0.717) is 6.61 Å². The van der Waals surface area contributed by atoms with Crippen molar-refractivity contribution in [1.29, 1.82) is 0 Å². The highest BCUT2D eigenvalue weighted by atomic mass is 16.5. The molecule has 0 aromatic heterocycles. The molecule has 90 valence electrons. The maximum absolute atomic E-state index is 11.2. The lowest BCUT2D eigenvalue weighted by molar-refractivity contribution is -0.141. The van der Waals surface area contributed by atoms with E-state index in [1.807, 2.05) is 24.3 Å². The molecule has 0 saturated heterocycles. The smallest absolute Gasteiger partial charge is 0.302 e. The molecule has 18 heavy (non-hydrogen) atoms. The van der Waals surface area contributed by atoms with Gasteiger partial charge in [0.15, 0.2) is 0 Å². The van der Waals surface area contributed by atoms with Crippen molar-refractivity contribution in [3.63, 3.8) is 0 Å². The second-order valence-electron chi connectivity index (χ2n) is 4.41. The summed E-state index contributed by atoms with van der Waals surface area (Å²) in [5, 5.41) is 0. The molecule has 3 rings (SSSR count). The Morgan fingerprint density at radius 3 is 2.22 bits per heavy atom. The second-order valence-corrected chi connectivity index (χ2v) is 4.41. The van der Waals surface area contributed by atoms with Crippen molar-refractivity contribution in [2.24, 2.45) is 0 Å². The molecule has 0 radical (unpaired) electrons. The topological polar surface area (TPSA) is 26.3 Å². The summed E-state index contributed by atoms with van der Waals surface area (Å²) in [7, 11) is 0. The van der Waals surface area contributed by atoms with Crippen molar-refractivity contribution < 1.29 is 10.9 Å². The molecule has 2 nitrogen and oxygen atoms in total. The van der Waals surface area contributed by atoms with Gasteiger partial charge in [-0.05, 0) is 22.3 Å². The zero-order valence-corrected chi connectivity index (χ0v) is 9.93. The van der Waals surface area contributed by atoms with E-state index < -0.39 is 5.97 Å². The molecule has 0 aliphatic heterocycles. The summed E-state index contributed by atoms with van der Waals surface area (Å²) >= 11 is 0. The van der Waals surface area contributed by atoms with Gasteiger partial charge in [-0.25, -0.2) is 0 Å². The molecule has 0 spiro atoms. The van der Waals surface area contributed by atoms with E-state index in [0.717, 1.165) is 0 Å². The van der Waals surface area contributed by atoms with Crippen molar-refractivity contribution >= 4 is 5.97 Å². The van der Waals surface area contributed by atoms with Crippen LogP contribution in [0.15, 0.2) is 48.5 Å². The minimum atomic E-state index is -0.470. The van der Waals surface area contributed by atoms with Crippen molar-refractivity contribution in [3.05, 3.63) is 59.7 Å². The minimum Gasteiger partial charge on any atom is -0.465 e. The van der Waals surface area contributed by atoms with Crippen molar-refractivity contribution in [2.45, 2.75) is 12.8 Å². The Morgan fingerprint density at radius 2 is 1.67 bits per heavy atom. The molecule has 0 unspecified atom stereocenters. The van der Waals surface area contributed by atoms with E-state index in [1.165, 1.54) is 22.3 Å². The van der Waals surface area contributed by atoms with Crippen LogP contribution in [0.5, 0.6) is 0 Å². The second kappa shape index (κ2) is 4.30. The standard InChI is InChI=1S/C16H14O2/c1-11(17)18-10-16-14-8-4-2-6-12(14)13-7-3-5-9-15(13)16/h2-9,16H,10H2,1H3/i1T. The van der Waals surface area contributed by atoms with Gasteiger partial charge >= 0.3 is 5.97 Å². The average molecular weight is 240 g/mol.